The number of para-hydroxylation sites is 2. The Morgan fingerprint density at radius 3 is 2.38 bits per heavy atom. The Hall–Kier alpha value is -3.11. The highest BCUT2D eigenvalue weighted by molar-refractivity contribution is 6.31. The molecular formula is C27H28ClN3O. The maximum atomic E-state index is 13.3. The molecule has 1 heterocycles. The number of halogens is 1. The smallest absolute Gasteiger partial charge is 0.247 e. The fraction of sp³-hybridized carbons (Fsp3) is 0.259. The van der Waals surface area contributed by atoms with Crippen molar-refractivity contribution in [2.24, 2.45) is 0 Å². The fourth-order valence-corrected chi connectivity index (χ4v) is 4.03. The van der Waals surface area contributed by atoms with Gasteiger partial charge in [-0.25, -0.2) is 4.98 Å². The number of rotatable bonds is 4. The van der Waals surface area contributed by atoms with Gasteiger partial charge in [0.2, 0.25) is 5.91 Å². The quantitative estimate of drug-likeness (QED) is 0.362. The number of anilines is 1. The molecule has 0 aliphatic heterocycles. The second-order valence-electron chi connectivity index (χ2n) is 9.20. The number of amides is 1. The van der Waals surface area contributed by atoms with Gasteiger partial charge in [0.15, 0.2) is 0 Å². The topological polar surface area (TPSA) is 46.9 Å². The molecule has 0 bridgehead atoms. The molecule has 0 saturated heterocycles. The van der Waals surface area contributed by atoms with E-state index < -0.39 is 6.04 Å². The van der Waals surface area contributed by atoms with Gasteiger partial charge in [0.25, 0.3) is 0 Å². The van der Waals surface area contributed by atoms with Gasteiger partial charge in [0.1, 0.15) is 11.9 Å². The van der Waals surface area contributed by atoms with E-state index in [1.165, 1.54) is 5.56 Å². The Morgan fingerprint density at radius 2 is 1.69 bits per heavy atom. The van der Waals surface area contributed by atoms with E-state index in [2.05, 4.69) is 50.4 Å². The lowest BCUT2D eigenvalue weighted by Crippen LogP contribution is -2.24. The largest absolute Gasteiger partial charge is 0.324 e. The summed E-state index contributed by atoms with van der Waals surface area (Å²) < 4.78 is 2.01. The first-order valence-electron chi connectivity index (χ1n) is 10.8. The van der Waals surface area contributed by atoms with Gasteiger partial charge in [-0.3, -0.25) is 4.79 Å². The summed E-state index contributed by atoms with van der Waals surface area (Å²) in [6.45, 7) is 10.4. The van der Waals surface area contributed by atoms with Crippen LogP contribution in [0.1, 0.15) is 44.9 Å². The van der Waals surface area contributed by atoms with Crippen molar-refractivity contribution < 1.29 is 4.79 Å². The first-order chi connectivity index (χ1) is 15.2. The van der Waals surface area contributed by atoms with Crippen LogP contribution < -0.4 is 5.32 Å². The second-order valence-corrected chi connectivity index (χ2v) is 9.61. The van der Waals surface area contributed by atoms with Crippen molar-refractivity contribution in [2.75, 3.05) is 5.32 Å². The van der Waals surface area contributed by atoms with E-state index in [9.17, 15) is 4.79 Å². The first-order valence-corrected chi connectivity index (χ1v) is 11.2. The van der Waals surface area contributed by atoms with E-state index in [-0.39, 0.29) is 11.3 Å². The van der Waals surface area contributed by atoms with Crippen molar-refractivity contribution in [1.82, 2.24) is 9.55 Å². The number of hydrogen-bond donors (Lipinski definition) is 1. The maximum Gasteiger partial charge on any atom is 0.247 e. The molecule has 0 radical (unpaired) electrons. The van der Waals surface area contributed by atoms with Crippen LogP contribution in [0.4, 0.5) is 5.69 Å². The molecular weight excluding hydrogens is 418 g/mol. The van der Waals surface area contributed by atoms with Crippen molar-refractivity contribution in [3.63, 3.8) is 0 Å². The molecule has 1 N–H and O–H groups in total. The number of nitrogens with one attached hydrogen (secondary N) is 1. The molecule has 1 atom stereocenters. The Bertz CT molecular complexity index is 1280. The lowest BCUT2D eigenvalue weighted by Gasteiger charge is -2.20. The van der Waals surface area contributed by atoms with Crippen LogP contribution in [0.15, 0.2) is 66.7 Å². The number of imidazole rings is 1. The van der Waals surface area contributed by atoms with Gasteiger partial charge in [-0.2, -0.15) is 0 Å². The van der Waals surface area contributed by atoms with E-state index in [1.54, 1.807) is 0 Å². The predicted molar refractivity (Wildman–Crippen MR) is 133 cm³/mol. The van der Waals surface area contributed by atoms with Crippen LogP contribution in [-0.4, -0.2) is 15.5 Å². The predicted octanol–water partition coefficient (Wildman–Crippen LogP) is 7.16. The minimum absolute atomic E-state index is 0.0701. The molecule has 0 spiro atoms. The number of fused-ring (bicyclic) bond motifs is 1. The van der Waals surface area contributed by atoms with Crippen molar-refractivity contribution in [3.8, 4) is 11.4 Å². The molecule has 164 valence electrons. The van der Waals surface area contributed by atoms with Crippen LogP contribution in [0.25, 0.3) is 22.4 Å². The summed E-state index contributed by atoms with van der Waals surface area (Å²) >= 11 is 6.24. The summed E-state index contributed by atoms with van der Waals surface area (Å²) in [5, 5.41) is 3.67. The highest BCUT2D eigenvalue weighted by Crippen LogP contribution is 2.31. The molecule has 1 aromatic heterocycles. The number of aromatic nitrogens is 2. The number of carbonyl (C=O) groups is 1. The van der Waals surface area contributed by atoms with Gasteiger partial charge in [-0.15, -0.1) is 0 Å². The monoisotopic (exact) mass is 445 g/mol. The van der Waals surface area contributed by atoms with E-state index in [4.69, 9.17) is 16.6 Å². The van der Waals surface area contributed by atoms with Crippen LogP contribution in [0.5, 0.6) is 0 Å². The van der Waals surface area contributed by atoms with E-state index in [0.717, 1.165) is 33.7 Å². The molecule has 4 nitrogen and oxygen atoms in total. The third kappa shape index (κ3) is 4.15. The molecule has 4 rings (SSSR count). The Morgan fingerprint density at radius 1 is 1.00 bits per heavy atom. The van der Waals surface area contributed by atoms with Crippen LogP contribution in [0.3, 0.4) is 0 Å². The van der Waals surface area contributed by atoms with Gasteiger partial charge >= 0.3 is 0 Å². The number of hydrogen-bond acceptors (Lipinski definition) is 2. The average Bonchev–Trinajstić information content (AvgIpc) is 3.15. The number of benzene rings is 3. The molecule has 0 aliphatic rings. The second kappa shape index (κ2) is 8.44. The molecule has 3 aromatic carbocycles. The molecule has 1 unspecified atom stereocenters. The molecule has 5 heteroatoms. The van der Waals surface area contributed by atoms with Crippen molar-refractivity contribution in [3.05, 3.63) is 82.9 Å². The molecule has 1 amide bonds. The Balaban J connectivity index is 1.76. The molecule has 0 fully saturated rings. The summed E-state index contributed by atoms with van der Waals surface area (Å²) in [7, 11) is 0. The van der Waals surface area contributed by atoms with Crippen LogP contribution in [0.2, 0.25) is 5.02 Å². The summed E-state index contributed by atoms with van der Waals surface area (Å²) in [6.07, 6.45) is 0. The number of nitrogens with zero attached hydrogens (tertiary/aromatic N) is 2. The standard InChI is InChI=1S/C27H28ClN3O/c1-17-21(28)9-8-11-22(17)30-26(32)18(2)31-24-12-7-6-10-23(24)29-25(31)19-13-15-20(16-14-19)27(3,4)5/h6-16,18H,1-5H3,(H,30,32). The highest BCUT2D eigenvalue weighted by Gasteiger charge is 2.23. The summed E-state index contributed by atoms with van der Waals surface area (Å²) in [5.74, 6) is 0.656. The van der Waals surface area contributed by atoms with Gasteiger partial charge < -0.3 is 9.88 Å². The molecule has 4 aromatic rings. The maximum absolute atomic E-state index is 13.3. The minimum atomic E-state index is -0.474. The molecule has 0 aliphatic carbocycles. The third-order valence-electron chi connectivity index (χ3n) is 5.90. The normalized spacial score (nSPS) is 12.7. The third-order valence-corrected chi connectivity index (χ3v) is 6.31. The average molecular weight is 446 g/mol. The van der Waals surface area contributed by atoms with Gasteiger partial charge in [0, 0.05) is 16.3 Å². The van der Waals surface area contributed by atoms with E-state index in [1.807, 2.05) is 60.9 Å². The SMILES string of the molecule is Cc1c(Cl)cccc1NC(=O)C(C)n1c(-c2ccc(C(C)(C)C)cc2)nc2ccccc21. The van der Waals surface area contributed by atoms with Crippen molar-refractivity contribution in [1.29, 1.82) is 0 Å². The van der Waals surface area contributed by atoms with Gasteiger partial charge in [-0.1, -0.05) is 74.8 Å². The highest BCUT2D eigenvalue weighted by atomic mass is 35.5. The molecule has 32 heavy (non-hydrogen) atoms. The zero-order valence-corrected chi connectivity index (χ0v) is 19.9. The van der Waals surface area contributed by atoms with Crippen LogP contribution in [-0.2, 0) is 10.2 Å². The van der Waals surface area contributed by atoms with Crippen LogP contribution >= 0.6 is 11.6 Å². The van der Waals surface area contributed by atoms with Crippen molar-refractivity contribution in [2.45, 2.75) is 46.1 Å². The van der Waals surface area contributed by atoms with Gasteiger partial charge in [-0.05, 0) is 54.7 Å². The van der Waals surface area contributed by atoms with Gasteiger partial charge in [0.05, 0.1) is 11.0 Å². The zero-order valence-electron chi connectivity index (χ0n) is 19.1. The van der Waals surface area contributed by atoms with Crippen LogP contribution in [0, 0.1) is 6.92 Å². The minimum Gasteiger partial charge on any atom is -0.324 e. The molecule has 0 saturated carbocycles. The Kier molecular flexibility index (Phi) is 5.83. The summed E-state index contributed by atoms with van der Waals surface area (Å²) in [6, 6.07) is 21.4. The lowest BCUT2D eigenvalue weighted by atomic mass is 9.86. The summed E-state index contributed by atoms with van der Waals surface area (Å²) in [4.78, 5) is 18.2. The zero-order chi connectivity index (χ0) is 23.0. The first kappa shape index (κ1) is 22.1. The van der Waals surface area contributed by atoms with E-state index >= 15 is 0 Å². The number of carbonyl (C=O) groups excluding carboxylic acids is 1. The fourth-order valence-electron chi connectivity index (χ4n) is 3.86. The summed E-state index contributed by atoms with van der Waals surface area (Å²) in [5.41, 5.74) is 5.66. The lowest BCUT2D eigenvalue weighted by molar-refractivity contribution is -0.118. The van der Waals surface area contributed by atoms with E-state index in [0.29, 0.717) is 5.02 Å². The Labute approximate surface area is 194 Å². The van der Waals surface area contributed by atoms with Crippen molar-refractivity contribution >= 4 is 34.2 Å².